The van der Waals surface area contributed by atoms with Crippen LogP contribution in [0.2, 0.25) is 5.02 Å². The maximum absolute atomic E-state index is 12.0. The fourth-order valence-corrected chi connectivity index (χ4v) is 2.46. The van der Waals surface area contributed by atoms with Crippen LogP contribution in [-0.2, 0) is 0 Å². The second kappa shape index (κ2) is 6.21. The third-order valence-electron chi connectivity index (χ3n) is 3.44. The Hall–Kier alpha value is -1.06. The van der Waals surface area contributed by atoms with Gasteiger partial charge < -0.3 is 10.6 Å². The first kappa shape index (κ1) is 13.4. The molecule has 98 valence electrons. The topological polar surface area (TPSA) is 41.1 Å². The van der Waals surface area contributed by atoms with Gasteiger partial charge in [0.1, 0.15) is 0 Å². The van der Waals surface area contributed by atoms with Crippen molar-refractivity contribution in [2.45, 2.75) is 19.8 Å². The molecule has 2 N–H and O–H groups in total. The van der Waals surface area contributed by atoms with Crippen LogP contribution in [0.3, 0.4) is 0 Å². The highest BCUT2D eigenvalue weighted by Gasteiger charge is 2.15. The second-order valence-electron chi connectivity index (χ2n) is 4.86. The fraction of sp³-hybridized carbons (Fsp3) is 0.500. The van der Waals surface area contributed by atoms with E-state index in [0.29, 0.717) is 16.5 Å². The molecule has 0 aliphatic carbocycles. The average Bonchev–Trinajstić information content (AvgIpc) is 2.85. The number of carbonyl (C=O) groups is 1. The van der Waals surface area contributed by atoms with Gasteiger partial charge in [-0.1, -0.05) is 17.7 Å². The van der Waals surface area contributed by atoms with Gasteiger partial charge in [0, 0.05) is 17.1 Å². The minimum Gasteiger partial charge on any atom is -0.352 e. The summed E-state index contributed by atoms with van der Waals surface area (Å²) in [6.45, 7) is 4.83. The maximum Gasteiger partial charge on any atom is 0.251 e. The van der Waals surface area contributed by atoms with Crippen LogP contribution in [0.15, 0.2) is 18.2 Å². The normalized spacial score (nSPS) is 18.9. The molecule has 1 unspecified atom stereocenters. The molecule has 4 heteroatoms. The van der Waals surface area contributed by atoms with Crippen molar-refractivity contribution in [3.63, 3.8) is 0 Å². The van der Waals surface area contributed by atoms with E-state index in [0.717, 1.165) is 31.6 Å². The van der Waals surface area contributed by atoms with Crippen molar-refractivity contribution >= 4 is 17.5 Å². The van der Waals surface area contributed by atoms with Gasteiger partial charge in [0.15, 0.2) is 0 Å². The summed E-state index contributed by atoms with van der Waals surface area (Å²) in [4.78, 5) is 12.0. The Kier molecular flexibility index (Phi) is 4.61. The van der Waals surface area contributed by atoms with Gasteiger partial charge in [-0.2, -0.15) is 0 Å². The standard InChI is InChI=1S/C14H19ClN2O/c1-10-2-3-12(15)8-13(10)14(18)17-7-5-11-4-6-16-9-11/h2-3,8,11,16H,4-7,9H2,1H3,(H,17,18). The molecule has 2 rings (SSSR count). The van der Waals surface area contributed by atoms with Crippen molar-refractivity contribution in [1.82, 2.24) is 10.6 Å². The number of benzene rings is 1. The molecule has 18 heavy (non-hydrogen) atoms. The van der Waals surface area contributed by atoms with Crippen LogP contribution in [-0.4, -0.2) is 25.5 Å². The van der Waals surface area contributed by atoms with E-state index in [9.17, 15) is 4.79 Å². The molecular formula is C14H19ClN2O. The zero-order valence-corrected chi connectivity index (χ0v) is 11.4. The summed E-state index contributed by atoms with van der Waals surface area (Å²) >= 11 is 5.91. The number of nitrogens with one attached hydrogen (secondary N) is 2. The summed E-state index contributed by atoms with van der Waals surface area (Å²) in [5.74, 6) is 0.673. The molecule has 1 fully saturated rings. The predicted molar refractivity (Wildman–Crippen MR) is 74.1 cm³/mol. The lowest BCUT2D eigenvalue weighted by atomic mass is 10.0. The number of carbonyl (C=O) groups excluding carboxylic acids is 1. The highest BCUT2D eigenvalue weighted by molar-refractivity contribution is 6.31. The van der Waals surface area contributed by atoms with Gasteiger partial charge in [0.05, 0.1) is 0 Å². The number of hydrogen-bond donors (Lipinski definition) is 2. The average molecular weight is 267 g/mol. The third kappa shape index (κ3) is 3.47. The number of amides is 1. The van der Waals surface area contributed by atoms with Crippen molar-refractivity contribution in [2.75, 3.05) is 19.6 Å². The van der Waals surface area contributed by atoms with E-state index in [-0.39, 0.29) is 5.91 Å². The van der Waals surface area contributed by atoms with Gasteiger partial charge in [-0.25, -0.2) is 0 Å². The Labute approximate surface area is 113 Å². The molecule has 1 saturated heterocycles. The molecule has 1 aliphatic heterocycles. The smallest absolute Gasteiger partial charge is 0.251 e. The van der Waals surface area contributed by atoms with E-state index < -0.39 is 0 Å². The molecule has 0 radical (unpaired) electrons. The molecule has 0 aromatic heterocycles. The molecular weight excluding hydrogens is 248 g/mol. The minimum atomic E-state index is -0.0269. The van der Waals surface area contributed by atoms with Crippen LogP contribution in [0.25, 0.3) is 0 Å². The number of aryl methyl sites for hydroxylation is 1. The summed E-state index contributed by atoms with van der Waals surface area (Å²) in [6.07, 6.45) is 2.25. The molecule has 3 nitrogen and oxygen atoms in total. The zero-order valence-electron chi connectivity index (χ0n) is 10.6. The van der Waals surface area contributed by atoms with Crippen LogP contribution >= 0.6 is 11.6 Å². The Morgan fingerprint density at radius 2 is 2.39 bits per heavy atom. The van der Waals surface area contributed by atoms with E-state index in [2.05, 4.69) is 10.6 Å². The first-order valence-electron chi connectivity index (χ1n) is 6.42. The lowest BCUT2D eigenvalue weighted by Crippen LogP contribution is -2.27. The second-order valence-corrected chi connectivity index (χ2v) is 5.30. The lowest BCUT2D eigenvalue weighted by molar-refractivity contribution is 0.0951. The molecule has 1 heterocycles. The highest BCUT2D eigenvalue weighted by atomic mass is 35.5. The van der Waals surface area contributed by atoms with Crippen molar-refractivity contribution in [1.29, 1.82) is 0 Å². The van der Waals surface area contributed by atoms with Crippen LogP contribution in [0.1, 0.15) is 28.8 Å². The third-order valence-corrected chi connectivity index (χ3v) is 3.68. The Balaban J connectivity index is 1.85. The summed E-state index contributed by atoms with van der Waals surface area (Å²) in [5.41, 5.74) is 1.63. The van der Waals surface area contributed by atoms with Crippen LogP contribution in [0, 0.1) is 12.8 Å². The fourth-order valence-electron chi connectivity index (χ4n) is 2.28. The van der Waals surface area contributed by atoms with E-state index in [4.69, 9.17) is 11.6 Å². The summed E-state index contributed by atoms with van der Waals surface area (Å²) in [5, 5.41) is 6.90. The Bertz CT molecular complexity index is 428. The SMILES string of the molecule is Cc1ccc(Cl)cc1C(=O)NCCC1CCNC1. The maximum atomic E-state index is 12.0. The summed E-state index contributed by atoms with van der Waals surface area (Å²) < 4.78 is 0. The van der Waals surface area contributed by atoms with Gasteiger partial charge in [-0.15, -0.1) is 0 Å². The minimum absolute atomic E-state index is 0.0269. The van der Waals surface area contributed by atoms with E-state index in [1.165, 1.54) is 6.42 Å². The number of rotatable bonds is 4. The molecule has 0 bridgehead atoms. The molecule has 1 amide bonds. The molecule has 1 aliphatic rings. The van der Waals surface area contributed by atoms with Gasteiger partial charge in [-0.05, 0) is 56.5 Å². The Morgan fingerprint density at radius 3 is 3.11 bits per heavy atom. The van der Waals surface area contributed by atoms with Gasteiger partial charge in [0.25, 0.3) is 5.91 Å². The molecule has 0 spiro atoms. The molecule has 0 saturated carbocycles. The van der Waals surface area contributed by atoms with Crippen molar-refractivity contribution in [3.8, 4) is 0 Å². The van der Waals surface area contributed by atoms with Gasteiger partial charge in [-0.3, -0.25) is 4.79 Å². The van der Waals surface area contributed by atoms with Crippen molar-refractivity contribution in [2.24, 2.45) is 5.92 Å². The van der Waals surface area contributed by atoms with Crippen LogP contribution in [0.4, 0.5) is 0 Å². The summed E-state index contributed by atoms with van der Waals surface area (Å²) in [6, 6.07) is 5.40. The lowest BCUT2D eigenvalue weighted by Gasteiger charge is -2.10. The molecule has 1 atom stereocenters. The monoisotopic (exact) mass is 266 g/mol. The van der Waals surface area contributed by atoms with Crippen LogP contribution in [0.5, 0.6) is 0 Å². The number of halogens is 1. The van der Waals surface area contributed by atoms with Gasteiger partial charge >= 0.3 is 0 Å². The zero-order chi connectivity index (χ0) is 13.0. The molecule has 1 aromatic carbocycles. The van der Waals surface area contributed by atoms with E-state index in [1.807, 2.05) is 13.0 Å². The van der Waals surface area contributed by atoms with E-state index in [1.54, 1.807) is 12.1 Å². The van der Waals surface area contributed by atoms with Crippen LogP contribution < -0.4 is 10.6 Å². The largest absolute Gasteiger partial charge is 0.352 e. The predicted octanol–water partition coefficient (Wildman–Crippen LogP) is 2.38. The first-order valence-corrected chi connectivity index (χ1v) is 6.79. The first-order chi connectivity index (χ1) is 8.66. The highest BCUT2D eigenvalue weighted by Crippen LogP contribution is 2.15. The summed E-state index contributed by atoms with van der Waals surface area (Å²) in [7, 11) is 0. The Morgan fingerprint density at radius 1 is 1.56 bits per heavy atom. The van der Waals surface area contributed by atoms with Gasteiger partial charge in [0.2, 0.25) is 0 Å². The van der Waals surface area contributed by atoms with Crippen molar-refractivity contribution < 1.29 is 4.79 Å². The van der Waals surface area contributed by atoms with Crippen molar-refractivity contribution in [3.05, 3.63) is 34.3 Å². The molecule has 1 aromatic rings. The van der Waals surface area contributed by atoms with E-state index >= 15 is 0 Å². The number of hydrogen-bond acceptors (Lipinski definition) is 2. The quantitative estimate of drug-likeness (QED) is 0.879.